The number of hydrogen-bond donors (Lipinski definition) is 2. The van der Waals surface area contributed by atoms with Gasteiger partial charge in [0.1, 0.15) is 0 Å². The van der Waals surface area contributed by atoms with Gasteiger partial charge in [0.25, 0.3) is 0 Å². The van der Waals surface area contributed by atoms with Gasteiger partial charge in [0, 0.05) is 43.9 Å². The summed E-state index contributed by atoms with van der Waals surface area (Å²) in [5.41, 5.74) is 1.90. The molecule has 0 fully saturated rings. The van der Waals surface area contributed by atoms with Crippen LogP contribution in [0.15, 0.2) is 60.0 Å². The molecule has 8 nitrogen and oxygen atoms in total. The summed E-state index contributed by atoms with van der Waals surface area (Å²) in [6, 6.07) is 11.4. The van der Waals surface area contributed by atoms with Crippen LogP contribution in [0.2, 0.25) is 0 Å². The van der Waals surface area contributed by atoms with E-state index in [2.05, 4.69) is 25.7 Å². The molecule has 0 radical (unpaired) electrons. The van der Waals surface area contributed by atoms with Crippen LogP contribution in [-0.4, -0.2) is 42.0 Å². The highest BCUT2D eigenvalue weighted by atomic mass is 127. The molecule has 0 unspecified atom stereocenters. The lowest BCUT2D eigenvalue weighted by Crippen LogP contribution is -2.30. The van der Waals surface area contributed by atoms with Gasteiger partial charge in [0.2, 0.25) is 0 Å². The number of rotatable bonds is 6. The van der Waals surface area contributed by atoms with Crippen molar-refractivity contribution in [2.24, 2.45) is 4.99 Å². The average molecular weight is 494 g/mol. The van der Waals surface area contributed by atoms with Gasteiger partial charge in [0.15, 0.2) is 23.3 Å². The van der Waals surface area contributed by atoms with Crippen molar-refractivity contribution in [2.45, 2.75) is 6.54 Å². The minimum absolute atomic E-state index is 0. The standard InChI is InChI=1S/C19H22N6O2.HI/c1-20-19(24-15-5-6-16(26-2)17(12-15)27-3)22-13-14-7-9-21-18(11-14)25-10-4-8-23-25;/h4-12H,13H2,1-3H3,(H2,20,22,24);1H. The van der Waals surface area contributed by atoms with Gasteiger partial charge in [-0.3, -0.25) is 4.99 Å². The van der Waals surface area contributed by atoms with E-state index in [1.807, 2.05) is 42.6 Å². The molecule has 3 aromatic rings. The van der Waals surface area contributed by atoms with Crippen LogP contribution in [0, 0.1) is 0 Å². The van der Waals surface area contributed by atoms with Gasteiger partial charge in [-0.05, 0) is 35.9 Å². The number of guanidine groups is 1. The van der Waals surface area contributed by atoms with Crippen molar-refractivity contribution >= 4 is 35.6 Å². The second-order valence-electron chi connectivity index (χ2n) is 5.59. The molecule has 2 N–H and O–H groups in total. The third kappa shape index (κ3) is 5.35. The quantitative estimate of drug-likeness (QED) is 0.311. The van der Waals surface area contributed by atoms with E-state index in [9.17, 15) is 0 Å². The maximum absolute atomic E-state index is 5.33. The maximum Gasteiger partial charge on any atom is 0.195 e. The first kappa shape index (κ1) is 21.5. The second kappa shape index (κ2) is 10.5. The van der Waals surface area contributed by atoms with E-state index < -0.39 is 0 Å². The molecule has 0 saturated carbocycles. The Hall–Kier alpha value is -2.82. The minimum atomic E-state index is 0. The predicted molar refractivity (Wildman–Crippen MR) is 120 cm³/mol. The van der Waals surface area contributed by atoms with Crippen molar-refractivity contribution in [1.29, 1.82) is 0 Å². The molecule has 9 heteroatoms. The number of ether oxygens (including phenoxy) is 2. The monoisotopic (exact) mass is 494 g/mol. The fourth-order valence-corrected chi connectivity index (χ4v) is 2.52. The normalized spacial score (nSPS) is 10.8. The summed E-state index contributed by atoms with van der Waals surface area (Å²) < 4.78 is 12.3. The van der Waals surface area contributed by atoms with E-state index in [0.717, 1.165) is 17.1 Å². The molecule has 0 aliphatic heterocycles. The topological polar surface area (TPSA) is 85.6 Å². The molecule has 0 bridgehead atoms. The fraction of sp³-hybridized carbons (Fsp3) is 0.211. The summed E-state index contributed by atoms with van der Waals surface area (Å²) in [5.74, 6) is 2.73. The average Bonchev–Trinajstić information content (AvgIpc) is 3.26. The Morgan fingerprint density at radius 3 is 2.61 bits per heavy atom. The van der Waals surface area contributed by atoms with E-state index in [-0.39, 0.29) is 24.0 Å². The Bertz CT molecular complexity index is 915. The summed E-state index contributed by atoms with van der Waals surface area (Å²) in [4.78, 5) is 8.59. The number of methoxy groups -OCH3 is 2. The molecule has 1 aromatic carbocycles. The maximum atomic E-state index is 5.33. The first-order valence-electron chi connectivity index (χ1n) is 8.38. The Morgan fingerprint density at radius 2 is 1.93 bits per heavy atom. The van der Waals surface area contributed by atoms with Crippen LogP contribution in [0.25, 0.3) is 5.82 Å². The second-order valence-corrected chi connectivity index (χ2v) is 5.59. The van der Waals surface area contributed by atoms with E-state index in [1.54, 1.807) is 38.3 Å². The summed E-state index contributed by atoms with van der Waals surface area (Å²) in [7, 11) is 4.94. The number of nitrogens with one attached hydrogen (secondary N) is 2. The number of anilines is 1. The van der Waals surface area contributed by atoms with Crippen LogP contribution in [0.4, 0.5) is 5.69 Å². The lowest BCUT2D eigenvalue weighted by Gasteiger charge is -2.14. The molecule has 3 rings (SSSR count). The smallest absolute Gasteiger partial charge is 0.195 e. The predicted octanol–water partition coefficient (Wildman–Crippen LogP) is 3.09. The van der Waals surface area contributed by atoms with Crippen molar-refractivity contribution < 1.29 is 9.47 Å². The molecule has 0 aliphatic rings. The fourth-order valence-electron chi connectivity index (χ4n) is 2.52. The molecule has 0 aliphatic carbocycles. The highest BCUT2D eigenvalue weighted by molar-refractivity contribution is 14.0. The van der Waals surface area contributed by atoms with E-state index >= 15 is 0 Å². The van der Waals surface area contributed by atoms with Gasteiger partial charge >= 0.3 is 0 Å². The summed E-state index contributed by atoms with van der Waals surface area (Å²) >= 11 is 0. The van der Waals surface area contributed by atoms with Gasteiger partial charge in [0.05, 0.1) is 14.2 Å². The highest BCUT2D eigenvalue weighted by Gasteiger charge is 2.07. The lowest BCUT2D eigenvalue weighted by molar-refractivity contribution is 0.355. The van der Waals surface area contributed by atoms with E-state index in [1.165, 1.54) is 0 Å². The molecular formula is C19H23IN6O2. The highest BCUT2D eigenvalue weighted by Crippen LogP contribution is 2.29. The molecular weight excluding hydrogens is 471 g/mol. The lowest BCUT2D eigenvalue weighted by atomic mass is 10.2. The number of aliphatic imine (C=N–C) groups is 1. The molecule has 2 aromatic heterocycles. The van der Waals surface area contributed by atoms with Gasteiger partial charge in [-0.1, -0.05) is 0 Å². The van der Waals surface area contributed by atoms with E-state index in [0.29, 0.717) is 24.0 Å². The zero-order chi connectivity index (χ0) is 19.1. The van der Waals surface area contributed by atoms with Crippen molar-refractivity contribution in [1.82, 2.24) is 20.1 Å². The minimum Gasteiger partial charge on any atom is -0.493 e. The largest absolute Gasteiger partial charge is 0.493 e. The summed E-state index contributed by atoms with van der Waals surface area (Å²) in [6.45, 7) is 0.587. The molecule has 0 amide bonds. The Kier molecular flexibility index (Phi) is 8.05. The van der Waals surface area contributed by atoms with Crippen LogP contribution in [0.5, 0.6) is 11.5 Å². The number of nitrogens with zero attached hydrogens (tertiary/aromatic N) is 4. The third-order valence-corrected chi connectivity index (χ3v) is 3.88. The molecule has 0 spiro atoms. The van der Waals surface area contributed by atoms with Gasteiger partial charge in [-0.15, -0.1) is 24.0 Å². The Morgan fingerprint density at radius 1 is 1.11 bits per heavy atom. The number of benzene rings is 1. The van der Waals surface area contributed by atoms with E-state index in [4.69, 9.17) is 9.47 Å². The van der Waals surface area contributed by atoms with Crippen molar-refractivity contribution in [2.75, 3.05) is 26.6 Å². The first-order chi connectivity index (χ1) is 13.2. The number of halogens is 1. The van der Waals surface area contributed by atoms with Crippen LogP contribution in [-0.2, 0) is 6.54 Å². The molecule has 148 valence electrons. The zero-order valence-corrected chi connectivity index (χ0v) is 18.2. The first-order valence-corrected chi connectivity index (χ1v) is 8.38. The van der Waals surface area contributed by atoms with Crippen LogP contribution < -0.4 is 20.1 Å². The van der Waals surface area contributed by atoms with Gasteiger partial charge in [-0.2, -0.15) is 5.10 Å². The van der Waals surface area contributed by atoms with Crippen molar-refractivity contribution in [3.63, 3.8) is 0 Å². The zero-order valence-electron chi connectivity index (χ0n) is 15.9. The molecule has 2 heterocycles. The van der Waals surface area contributed by atoms with Gasteiger partial charge in [-0.25, -0.2) is 9.67 Å². The molecule has 0 atom stereocenters. The Balaban J connectivity index is 0.00000280. The third-order valence-electron chi connectivity index (χ3n) is 3.88. The number of aromatic nitrogens is 3. The van der Waals surface area contributed by atoms with Crippen molar-refractivity contribution in [3.05, 3.63) is 60.6 Å². The molecule has 28 heavy (non-hydrogen) atoms. The van der Waals surface area contributed by atoms with Gasteiger partial charge < -0.3 is 20.1 Å². The SMILES string of the molecule is CN=C(NCc1ccnc(-n2cccn2)c1)Nc1ccc(OC)c(OC)c1.I. The van der Waals surface area contributed by atoms with Crippen molar-refractivity contribution in [3.8, 4) is 17.3 Å². The summed E-state index contributed by atoms with van der Waals surface area (Å²) in [5, 5.41) is 10.7. The van der Waals surface area contributed by atoms with Crippen LogP contribution in [0.1, 0.15) is 5.56 Å². The molecule has 0 saturated heterocycles. The van der Waals surface area contributed by atoms with Crippen LogP contribution in [0.3, 0.4) is 0 Å². The van der Waals surface area contributed by atoms with Crippen LogP contribution >= 0.6 is 24.0 Å². The number of hydrogen-bond acceptors (Lipinski definition) is 5. The number of pyridine rings is 1. The Labute approximate surface area is 181 Å². The summed E-state index contributed by atoms with van der Waals surface area (Å²) in [6.07, 6.45) is 5.34.